The predicted molar refractivity (Wildman–Crippen MR) is 70.4 cm³/mol. The minimum Gasteiger partial charge on any atom is -0.481 e. The van der Waals surface area contributed by atoms with Crippen LogP contribution < -0.4 is 5.32 Å². The first-order chi connectivity index (χ1) is 8.66. The molecule has 18 heavy (non-hydrogen) atoms. The van der Waals surface area contributed by atoms with Gasteiger partial charge in [0.25, 0.3) is 0 Å². The molecule has 2 rings (SSSR count). The second kappa shape index (κ2) is 5.98. The summed E-state index contributed by atoms with van der Waals surface area (Å²) in [6.07, 6.45) is 0.187. The van der Waals surface area contributed by atoms with Gasteiger partial charge in [0.15, 0.2) is 0 Å². The molecular weight excluding hydrogens is 228 g/mol. The van der Waals surface area contributed by atoms with Crippen molar-refractivity contribution in [2.75, 3.05) is 13.1 Å². The number of hydrogen-bond acceptors (Lipinski definition) is 3. The molecule has 1 aliphatic heterocycles. The van der Waals surface area contributed by atoms with Gasteiger partial charge in [0.2, 0.25) is 0 Å². The van der Waals surface area contributed by atoms with Crippen molar-refractivity contribution in [3.8, 4) is 0 Å². The van der Waals surface area contributed by atoms with Gasteiger partial charge in [-0.1, -0.05) is 30.3 Å². The summed E-state index contributed by atoms with van der Waals surface area (Å²) in [6, 6.07) is 10.6. The highest BCUT2D eigenvalue weighted by molar-refractivity contribution is 5.67. The van der Waals surface area contributed by atoms with Gasteiger partial charge in [0, 0.05) is 31.7 Å². The summed E-state index contributed by atoms with van der Waals surface area (Å²) in [5.41, 5.74) is 1.28. The van der Waals surface area contributed by atoms with E-state index in [0.717, 1.165) is 19.6 Å². The third-order valence-electron chi connectivity index (χ3n) is 3.59. The number of benzene rings is 1. The van der Waals surface area contributed by atoms with Crippen LogP contribution in [0.2, 0.25) is 0 Å². The Morgan fingerprint density at radius 1 is 1.44 bits per heavy atom. The third kappa shape index (κ3) is 3.31. The highest BCUT2D eigenvalue weighted by Crippen LogP contribution is 2.15. The Morgan fingerprint density at radius 2 is 2.17 bits per heavy atom. The molecule has 2 N–H and O–H groups in total. The van der Waals surface area contributed by atoms with Gasteiger partial charge in [-0.25, -0.2) is 0 Å². The van der Waals surface area contributed by atoms with Crippen LogP contribution in [0.5, 0.6) is 0 Å². The fourth-order valence-electron chi connectivity index (χ4n) is 2.49. The van der Waals surface area contributed by atoms with Crippen molar-refractivity contribution < 1.29 is 9.90 Å². The van der Waals surface area contributed by atoms with Gasteiger partial charge < -0.3 is 10.4 Å². The number of hydrogen-bond donors (Lipinski definition) is 2. The summed E-state index contributed by atoms with van der Waals surface area (Å²) >= 11 is 0. The summed E-state index contributed by atoms with van der Waals surface area (Å²) in [5.74, 6) is -0.735. The minimum absolute atomic E-state index is 0.0416. The summed E-state index contributed by atoms with van der Waals surface area (Å²) in [7, 11) is 0. The smallest absolute Gasteiger partial charge is 0.304 e. The Morgan fingerprint density at radius 3 is 2.83 bits per heavy atom. The molecule has 1 heterocycles. The Labute approximate surface area is 108 Å². The lowest BCUT2D eigenvalue weighted by molar-refractivity contribution is -0.138. The normalized spacial score (nSPS) is 24.9. The topological polar surface area (TPSA) is 52.6 Å². The molecule has 1 saturated heterocycles. The lowest BCUT2D eigenvalue weighted by Gasteiger charge is -2.39. The number of piperazine rings is 1. The molecule has 0 saturated carbocycles. The molecule has 2 atom stereocenters. The van der Waals surface area contributed by atoms with Gasteiger partial charge in [0.05, 0.1) is 6.42 Å². The quantitative estimate of drug-likeness (QED) is 0.844. The second-order valence-corrected chi connectivity index (χ2v) is 4.86. The summed E-state index contributed by atoms with van der Waals surface area (Å²) in [6.45, 7) is 4.81. The van der Waals surface area contributed by atoms with Crippen molar-refractivity contribution >= 4 is 5.97 Å². The molecule has 4 nitrogen and oxygen atoms in total. The SMILES string of the molecule is C[C@@H]1[C@@H](CC(=O)O)NCCN1Cc1ccccc1. The highest BCUT2D eigenvalue weighted by Gasteiger charge is 2.28. The number of carboxylic acids is 1. The van der Waals surface area contributed by atoms with Crippen molar-refractivity contribution in [2.45, 2.75) is 32.0 Å². The van der Waals surface area contributed by atoms with E-state index in [-0.39, 0.29) is 18.5 Å². The Hall–Kier alpha value is -1.39. The van der Waals surface area contributed by atoms with E-state index in [1.54, 1.807) is 0 Å². The number of nitrogens with one attached hydrogen (secondary N) is 1. The van der Waals surface area contributed by atoms with Crippen LogP contribution in [0.3, 0.4) is 0 Å². The molecule has 1 aromatic rings. The standard InChI is InChI=1S/C14H20N2O2/c1-11-13(9-14(17)18)15-7-8-16(11)10-12-5-3-2-4-6-12/h2-6,11,13,15H,7-10H2,1H3,(H,17,18)/t11-,13-/m1/s1. The van der Waals surface area contributed by atoms with E-state index in [2.05, 4.69) is 29.3 Å². The van der Waals surface area contributed by atoms with Crippen molar-refractivity contribution in [1.29, 1.82) is 0 Å². The fourth-order valence-corrected chi connectivity index (χ4v) is 2.49. The molecule has 4 heteroatoms. The molecule has 0 aliphatic carbocycles. The largest absolute Gasteiger partial charge is 0.481 e. The molecule has 1 aliphatic rings. The molecule has 0 radical (unpaired) electrons. The number of carboxylic acid groups (broad SMARTS) is 1. The lowest BCUT2D eigenvalue weighted by Crippen LogP contribution is -2.56. The first-order valence-electron chi connectivity index (χ1n) is 6.40. The number of carbonyl (C=O) groups is 1. The van der Waals surface area contributed by atoms with Crippen LogP contribution in [-0.2, 0) is 11.3 Å². The average Bonchev–Trinajstić information content (AvgIpc) is 2.35. The molecule has 0 bridgehead atoms. The fraction of sp³-hybridized carbons (Fsp3) is 0.500. The van der Waals surface area contributed by atoms with Crippen molar-refractivity contribution in [1.82, 2.24) is 10.2 Å². The first-order valence-corrected chi connectivity index (χ1v) is 6.40. The molecule has 98 valence electrons. The average molecular weight is 248 g/mol. The zero-order valence-electron chi connectivity index (χ0n) is 10.7. The minimum atomic E-state index is -0.735. The third-order valence-corrected chi connectivity index (χ3v) is 3.59. The van der Waals surface area contributed by atoms with Gasteiger partial charge in [-0.2, -0.15) is 0 Å². The lowest BCUT2D eigenvalue weighted by atomic mass is 10.0. The second-order valence-electron chi connectivity index (χ2n) is 4.86. The Balaban J connectivity index is 1.98. The van der Waals surface area contributed by atoms with E-state index >= 15 is 0 Å². The molecule has 0 aromatic heterocycles. The van der Waals surface area contributed by atoms with Crippen LogP contribution in [0.1, 0.15) is 18.9 Å². The van der Waals surface area contributed by atoms with E-state index in [9.17, 15) is 4.79 Å². The number of nitrogens with zero attached hydrogens (tertiary/aromatic N) is 1. The molecule has 1 fully saturated rings. The van der Waals surface area contributed by atoms with Gasteiger partial charge in [-0.05, 0) is 12.5 Å². The van der Waals surface area contributed by atoms with Crippen LogP contribution in [0, 0.1) is 0 Å². The molecule has 0 spiro atoms. The predicted octanol–water partition coefficient (Wildman–Crippen LogP) is 1.32. The van der Waals surface area contributed by atoms with Crippen molar-refractivity contribution in [3.63, 3.8) is 0 Å². The zero-order chi connectivity index (χ0) is 13.0. The van der Waals surface area contributed by atoms with E-state index in [4.69, 9.17) is 5.11 Å². The van der Waals surface area contributed by atoms with Crippen LogP contribution in [0.4, 0.5) is 0 Å². The number of rotatable bonds is 4. The summed E-state index contributed by atoms with van der Waals surface area (Å²) in [4.78, 5) is 13.2. The first kappa shape index (κ1) is 13.1. The summed E-state index contributed by atoms with van der Waals surface area (Å²) in [5, 5.41) is 12.2. The number of aliphatic carboxylic acids is 1. The Bertz CT molecular complexity index is 394. The molecule has 0 unspecified atom stereocenters. The van der Waals surface area contributed by atoms with E-state index in [0.29, 0.717) is 0 Å². The van der Waals surface area contributed by atoms with Crippen molar-refractivity contribution in [3.05, 3.63) is 35.9 Å². The van der Waals surface area contributed by atoms with E-state index in [1.165, 1.54) is 5.56 Å². The maximum absolute atomic E-state index is 10.8. The van der Waals surface area contributed by atoms with Crippen LogP contribution in [-0.4, -0.2) is 41.1 Å². The van der Waals surface area contributed by atoms with Crippen LogP contribution >= 0.6 is 0 Å². The van der Waals surface area contributed by atoms with Crippen LogP contribution in [0.15, 0.2) is 30.3 Å². The molecule has 1 aromatic carbocycles. The maximum Gasteiger partial charge on any atom is 0.304 e. The monoisotopic (exact) mass is 248 g/mol. The van der Waals surface area contributed by atoms with Gasteiger partial charge in [0.1, 0.15) is 0 Å². The van der Waals surface area contributed by atoms with Gasteiger partial charge in [-0.3, -0.25) is 9.69 Å². The summed E-state index contributed by atoms with van der Waals surface area (Å²) < 4.78 is 0. The molecule has 0 amide bonds. The van der Waals surface area contributed by atoms with E-state index < -0.39 is 5.97 Å². The maximum atomic E-state index is 10.8. The van der Waals surface area contributed by atoms with E-state index in [1.807, 2.05) is 18.2 Å². The molecular formula is C14H20N2O2. The zero-order valence-corrected chi connectivity index (χ0v) is 10.7. The van der Waals surface area contributed by atoms with Gasteiger partial charge in [-0.15, -0.1) is 0 Å². The van der Waals surface area contributed by atoms with Crippen LogP contribution in [0.25, 0.3) is 0 Å². The Kier molecular flexibility index (Phi) is 4.33. The van der Waals surface area contributed by atoms with Crippen molar-refractivity contribution in [2.24, 2.45) is 0 Å². The highest BCUT2D eigenvalue weighted by atomic mass is 16.4. The van der Waals surface area contributed by atoms with Gasteiger partial charge >= 0.3 is 5.97 Å².